The highest BCUT2D eigenvalue weighted by Crippen LogP contribution is 2.22. The van der Waals surface area contributed by atoms with Gasteiger partial charge in [0, 0.05) is 31.6 Å². The van der Waals surface area contributed by atoms with Crippen molar-refractivity contribution in [1.82, 2.24) is 14.5 Å². The molecule has 2 fully saturated rings. The van der Waals surface area contributed by atoms with E-state index in [9.17, 15) is 13.2 Å². The second-order valence-electron chi connectivity index (χ2n) is 8.59. The van der Waals surface area contributed by atoms with Gasteiger partial charge in [-0.1, -0.05) is 29.8 Å². The number of aryl methyl sites for hydroxylation is 1. The van der Waals surface area contributed by atoms with E-state index in [1.54, 1.807) is 4.31 Å². The lowest BCUT2D eigenvalue weighted by atomic mass is 9.97. The lowest BCUT2D eigenvalue weighted by Crippen LogP contribution is -2.44. The average Bonchev–Trinajstić information content (AvgIpc) is 3.22. The van der Waals surface area contributed by atoms with Crippen molar-refractivity contribution < 1.29 is 13.2 Å². The Kier molecular flexibility index (Phi) is 7.71. The molecule has 0 radical (unpaired) electrons. The van der Waals surface area contributed by atoms with E-state index >= 15 is 0 Å². The fourth-order valence-electron chi connectivity index (χ4n) is 4.41. The van der Waals surface area contributed by atoms with Crippen molar-refractivity contribution in [3.8, 4) is 0 Å². The number of rotatable bonds is 8. The molecule has 3 rings (SSSR count). The zero-order valence-electron chi connectivity index (χ0n) is 17.8. The molecule has 0 spiro atoms. The zero-order chi connectivity index (χ0) is 20.9. The minimum Gasteiger partial charge on any atom is -0.356 e. The lowest BCUT2D eigenvalue weighted by molar-refractivity contribution is -0.126. The predicted molar refractivity (Wildman–Crippen MR) is 116 cm³/mol. The van der Waals surface area contributed by atoms with Crippen molar-refractivity contribution in [3.05, 3.63) is 35.4 Å². The molecule has 2 saturated heterocycles. The van der Waals surface area contributed by atoms with Gasteiger partial charge in [0.05, 0.1) is 5.75 Å². The molecule has 2 aliphatic heterocycles. The molecule has 7 heteroatoms. The van der Waals surface area contributed by atoms with Gasteiger partial charge in [-0.3, -0.25) is 4.79 Å². The molecule has 1 N–H and O–H groups in total. The number of sulfonamides is 1. The molecule has 0 aromatic heterocycles. The number of hydrogen-bond acceptors (Lipinski definition) is 4. The van der Waals surface area contributed by atoms with E-state index in [0.29, 0.717) is 38.5 Å². The Morgan fingerprint density at radius 3 is 2.52 bits per heavy atom. The van der Waals surface area contributed by atoms with Crippen molar-refractivity contribution in [2.75, 3.05) is 32.7 Å². The summed E-state index contributed by atoms with van der Waals surface area (Å²) >= 11 is 0. The quantitative estimate of drug-likeness (QED) is 0.700. The molecule has 0 aliphatic carbocycles. The van der Waals surface area contributed by atoms with Crippen molar-refractivity contribution in [2.45, 2.75) is 57.7 Å². The predicted octanol–water partition coefficient (Wildman–Crippen LogP) is 2.53. The highest BCUT2D eigenvalue weighted by Gasteiger charge is 2.31. The highest BCUT2D eigenvalue weighted by molar-refractivity contribution is 7.88. The Labute approximate surface area is 175 Å². The molecular weight excluding hydrogens is 386 g/mol. The Balaban J connectivity index is 1.41. The topological polar surface area (TPSA) is 69.7 Å². The molecule has 1 aromatic carbocycles. The molecule has 0 bridgehead atoms. The van der Waals surface area contributed by atoms with Crippen LogP contribution in [0.15, 0.2) is 24.3 Å². The number of nitrogens with zero attached hydrogens (tertiary/aromatic N) is 2. The van der Waals surface area contributed by atoms with E-state index in [1.807, 2.05) is 31.2 Å². The molecular formula is C22H35N3O3S. The van der Waals surface area contributed by atoms with Gasteiger partial charge in [-0.15, -0.1) is 0 Å². The average molecular weight is 422 g/mol. The third-order valence-corrected chi connectivity index (χ3v) is 8.13. The SMILES string of the molecule is Cc1cccc(CS(=O)(=O)N2CCC(C(=O)NCCC(C)N3CCCC3)CC2)c1. The van der Waals surface area contributed by atoms with Gasteiger partial charge in [0.15, 0.2) is 0 Å². The van der Waals surface area contributed by atoms with Crippen LogP contribution in [0.3, 0.4) is 0 Å². The van der Waals surface area contributed by atoms with Crippen LogP contribution in [-0.2, 0) is 20.6 Å². The summed E-state index contributed by atoms with van der Waals surface area (Å²) in [4.78, 5) is 15.0. The number of hydrogen-bond donors (Lipinski definition) is 1. The third kappa shape index (κ3) is 6.27. The van der Waals surface area contributed by atoms with Crippen molar-refractivity contribution in [1.29, 1.82) is 0 Å². The molecule has 6 nitrogen and oxygen atoms in total. The van der Waals surface area contributed by atoms with Gasteiger partial charge in [0.25, 0.3) is 0 Å². The Morgan fingerprint density at radius 1 is 1.17 bits per heavy atom. The normalized spacial score (nSPS) is 20.6. The molecule has 162 valence electrons. The summed E-state index contributed by atoms with van der Waals surface area (Å²) in [7, 11) is -3.34. The maximum absolute atomic E-state index is 12.7. The first-order chi connectivity index (χ1) is 13.8. The van der Waals surface area contributed by atoms with Crippen LogP contribution in [-0.4, -0.2) is 62.3 Å². The van der Waals surface area contributed by atoms with Crippen LogP contribution in [0.5, 0.6) is 0 Å². The largest absolute Gasteiger partial charge is 0.356 e. The molecule has 29 heavy (non-hydrogen) atoms. The third-order valence-electron chi connectivity index (χ3n) is 6.28. The molecule has 1 atom stereocenters. The molecule has 1 unspecified atom stereocenters. The van der Waals surface area contributed by atoms with Crippen LogP contribution in [0.25, 0.3) is 0 Å². The summed E-state index contributed by atoms with van der Waals surface area (Å²) < 4.78 is 27.0. The fourth-order valence-corrected chi connectivity index (χ4v) is 5.96. The van der Waals surface area contributed by atoms with E-state index in [4.69, 9.17) is 0 Å². The van der Waals surface area contributed by atoms with Crippen LogP contribution in [0.1, 0.15) is 50.2 Å². The Morgan fingerprint density at radius 2 is 1.86 bits per heavy atom. The number of carbonyl (C=O) groups excluding carboxylic acids is 1. The smallest absolute Gasteiger partial charge is 0.223 e. The summed E-state index contributed by atoms with van der Waals surface area (Å²) in [6.07, 6.45) is 4.72. The molecule has 2 heterocycles. The second kappa shape index (κ2) is 10.0. The van der Waals surface area contributed by atoms with Crippen LogP contribution < -0.4 is 5.32 Å². The number of nitrogens with one attached hydrogen (secondary N) is 1. The second-order valence-corrected chi connectivity index (χ2v) is 10.6. The maximum Gasteiger partial charge on any atom is 0.223 e. The summed E-state index contributed by atoms with van der Waals surface area (Å²) in [6, 6.07) is 8.13. The van der Waals surface area contributed by atoms with Gasteiger partial charge in [-0.25, -0.2) is 12.7 Å². The van der Waals surface area contributed by atoms with Gasteiger partial charge < -0.3 is 10.2 Å². The fraction of sp³-hybridized carbons (Fsp3) is 0.682. The zero-order valence-corrected chi connectivity index (χ0v) is 18.6. The van der Waals surface area contributed by atoms with Gasteiger partial charge in [-0.2, -0.15) is 0 Å². The number of benzene rings is 1. The maximum atomic E-state index is 12.7. The van der Waals surface area contributed by atoms with Gasteiger partial charge >= 0.3 is 0 Å². The molecule has 1 amide bonds. The number of likely N-dealkylation sites (tertiary alicyclic amines) is 1. The van der Waals surface area contributed by atoms with E-state index in [0.717, 1.165) is 17.5 Å². The standard InChI is InChI=1S/C22H35N3O3S/c1-18-6-5-7-20(16-18)17-29(27,28)25-14-9-21(10-15-25)22(26)23-11-8-19(2)24-12-3-4-13-24/h5-7,16,19,21H,3-4,8-15,17H2,1-2H3,(H,23,26). The monoisotopic (exact) mass is 421 g/mol. The van der Waals surface area contributed by atoms with Crippen LogP contribution >= 0.6 is 0 Å². The van der Waals surface area contributed by atoms with Crippen molar-refractivity contribution in [3.63, 3.8) is 0 Å². The first-order valence-corrected chi connectivity index (χ1v) is 12.5. The summed E-state index contributed by atoms with van der Waals surface area (Å²) in [5, 5.41) is 3.07. The van der Waals surface area contributed by atoms with Crippen molar-refractivity contribution in [2.24, 2.45) is 5.92 Å². The summed E-state index contributed by atoms with van der Waals surface area (Å²) in [6.45, 7) is 8.09. The van der Waals surface area contributed by atoms with Gasteiger partial charge in [0.2, 0.25) is 15.9 Å². The van der Waals surface area contributed by atoms with E-state index in [2.05, 4.69) is 17.1 Å². The molecule has 0 saturated carbocycles. The number of carbonyl (C=O) groups is 1. The first kappa shape index (κ1) is 22.2. The minimum absolute atomic E-state index is 0.0277. The summed E-state index contributed by atoms with van der Waals surface area (Å²) in [5.41, 5.74) is 1.88. The number of amides is 1. The van der Waals surface area contributed by atoms with Crippen LogP contribution in [0, 0.1) is 12.8 Å². The first-order valence-electron chi connectivity index (χ1n) is 10.9. The minimum atomic E-state index is -3.34. The Hall–Kier alpha value is -1.44. The van der Waals surface area contributed by atoms with E-state index < -0.39 is 10.0 Å². The van der Waals surface area contributed by atoms with E-state index in [1.165, 1.54) is 25.9 Å². The summed E-state index contributed by atoms with van der Waals surface area (Å²) in [5.74, 6) is 0.0248. The molecule has 1 aromatic rings. The highest BCUT2D eigenvalue weighted by atomic mass is 32.2. The van der Waals surface area contributed by atoms with E-state index in [-0.39, 0.29) is 17.6 Å². The Bertz CT molecular complexity index is 782. The van der Waals surface area contributed by atoms with Gasteiger partial charge in [0.1, 0.15) is 0 Å². The van der Waals surface area contributed by atoms with Crippen molar-refractivity contribution >= 4 is 15.9 Å². The number of piperidine rings is 1. The lowest BCUT2D eigenvalue weighted by Gasteiger charge is -2.31. The van der Waals surface area contributed by atoms with Crippen LogP contribution in [0.2, 0.25) is 0 Å². The molecule has 2 aliphatic rings. The van der Waals surface area contributed by atoms with Gasteiger partial charge in [-0.05, 0) is 64.6 Å². The van der Waals surface area contributed by atoms with Crippen LogP contribution in [0.4, 0.5) is 0 Å².